The third-order valence-corrected chi connectivity index (χ3v) is 6.88. The van der Waals surface area contributed by atoms with E-state index >= 15 is 0 Å². The van der Waals surface area contributed by atoms with Crippen molar-refractivity contribution in [2.24, 2.45) is 0 Å². The molecule has 4 aromatic rings. The summed E-state index contributed by atoms with van der Waals surface area (Å²) in [7, 11) is 0. The number of benzene rings is 2. The van der Waals surface area contributed by atoms with Gasteiger partial charge in [-0.3, -0.25) is 4.79 Å². The summed E-state index contributed by atoms with van der Waals surface area (Å²) in [5, 5.41) is 23.5. The Kier molecular flexibility index (Phi) is 5.08. The fourth-order valence-corrected chi connectivity index (χ4v) is 5.22. The second-order valence-electron chi connectivity index (χ2n) is 6.60. The molecule has 0 bridgehead atoms. The number of Topliss-reactive ketones (excluding diaryl/α,β-unsaturated/α-hetero) is 1. The van der Waals surface area contributed by atoms with Crippen LogP contribution in [0.3, 0.4) is 0 Å². The molecule has 30 heavy (non-hydrogen) atoms. The molecule has 2 heterocycles. The maximum absolute atomic E-state index is 14.4. The van der Waals surface area contributed by atoms with E-state index in [0.717, 1.165) is 22.7 Å². The number of aryl methyl sites for hydroxylation is 1. The van der Waals surface area contributed by atoms with E-state index in [4.69, 9.17) is 0 Å². The number of thiophene rings is 1. The zero-order chi connectivity index (χ0) is 21.6. The number of ketones is 1. The lowest BCUT2D eigenvalue weighted by atomic mass is 10.0. The van der Waals surface area contributed by atoms with Gasteiger partial charge in [-0.2, -0.15) is 4.73 Å². The minimum Gasteiger partial charge on any atom is -0.617 e. The molecular formula is C21H13F2NO4S2. The lowest BCUT2D eigenvalue weighted by Crippen LogP contribution is -2.32. The van der Waals surface area contributed by atoms with Crippen LogP contribution in [-0.4, -0.2) is 16.9 Å². The van der Waals surface area contributed by atoms with Gasteiger partial charge in [0.2, 0.25) is 11.3 Å². The van der Waals surface area contributed by atoms with Crippen molar-refractivity contribution in [2.75, 3.05) is 0 Å². The van der Waals surface area contributed by atoms with Gasteiger partial charge >= 0.3 is 11.0 Å². The highest BCUT2D eigenvalue weighted by molar-refractivity contribution is 7.19. The molecule has 0 saturated heterocycles. The minimum atomic E-state index is -1.36. The molecule has 0 aliphatic heterocycles. The number of rotatable bonds is 5. The first-order valence-electron chi connectivity index (χ1n) is 8.72. The first-order valence-corrected chi connectivity index (χ1v) is 10.4. The van der Waals surface area contributed by atoms with Gasteiger partial charge in [0, 0.05) is 18.1 Å². The molecule has 0 atom stereocenters. The van der Waals surface area contributed by atoms with Crippen LogP contribution in [0.15, 0.2) is 41.8 Å². The topological polar surface area (TPSA) is 81.3 Å². The molecular weight excluding hydrogens is 432 g/mol. The number of hydrogen-bond donors (Lipinski definition) is 1. The second-order valence-corrected chi connectivity index (χ2v) is 8.51. The Morgan fingerprint density at radius 1 is 1.13 bits per heavy atom. The lowest BCUT2D eigenvalue weighted by Gasteiger charge is -2.06. The van der Waals surface area contributed by atoms with Crippen molar-refractivity contribution >= 4 is 44.6 Å². The van der Waals surface area contributed by atoms with Gasteiger partial charge in [-0.1, -0.05) is 35.6 Å². The van der Waals surface area contributed by atoms with E-state index < -0.39 is 23.4 Å². The number of hydrogen-bond acceptors (Lipinski definition) is 5. The number of carboxylic acids is 1. The normalized spacial score (nSPS) is 11.2. The molecule has 0 radical (unpaired) electrons. The first-order chi connectivity index (χ1) is 14.3. The van der Waals surface area contributed by atoms with E-state index in [2.05, 4.69) is 0 Å². The number of nitrogens with zero attached hydrogens (tertiary/aromatic N) is 1. The van der Waals surface area contributed by atoms with Crippen LogP contribution in [0.4, 0.5) is 8.78 Å². The van der Waals surface area contributed by atoms with Crippen molar-refractivity contribution in [3.63, 3.8) is 0 Å². The molecule has 0 aliphatic rings. The largest absolute Gasteiger partial charge is 0.617 e. The maximum Gasteiger partial charge on any atom is 0.337 e. The Balaban J connectivity index is 1.75. The van der Waals surface area contributed by atoms with Crippen LogP contribution in [0.2, 0.25) is 0 Å². The van der Waals surface area contributed by atoms with Crippen molar-refractivity contribution in [1.82, 2.24) is 0 Å². The highest BCUT2D eigenvalue weighted by atomic mass is 32.1. The Morgan fingerprint density at radius 2 is 1.87 bits per heavy atom. The van der Waals surface area contributed by atoms with Crippen LogP contribution in [0.1, 0.15) is 31.3 Å². The highest BCUT2D eigenvalue weighted by Gasteiger charge is 2.28. The number of thiazole rings is 1. The van der Waals surface area contributed by atoms with E-state index in [0.29, 0.717) is 14.9 Å². The molecule has 1 N–H and O–H groups in total. The smallest absolute Gasteiger partial charge is 0.337 e. The molecule has 0 fully saturated rings. The first kappa shape index (κ1) is 20.1. The van der Waals surface area contributed by atoms with Crippen molar-refractivity contribution in [3.05, 3.63) is 80.3 Å². The average molecular weight is 445 g/mol. The number of carbonyl (C=O) groups is 2. The molecule has 2 aromatic heterocycles. The summed E-state index contributed by atoms with van der Waals surface area (Å²) in [5.74, 6) is -4.10. The average Bonchev–Trinajstić information content (AvgIpc) is 3.28. The molecule has 9 heteroatoms. The molecule has 0 unspecified atom stereocenters. The van der Waals surface area contributed by atoms with E-state index in [1.807, 2.05) is 0 Å². The van der Waals surface area contributed by atoms with Gasteiger partial charge in [0.15, 0.2) is 11.6 Å². The molecule has 5 nitrogen and oxygen atoms in total. The predicted molar refractivity (Wildman–Crippen MR) is 110 cm³/mol. The van der Waals surface area contributed by atoms with Crippen LogP contribution in [-0.2, 0) is 6.42 Å². The van der Waals surface area contributed by atoms with Gasteiger partial charge in [-0.25, -0.2) is 13.6 Å². The summed E-state index contributed by atoms with van der Waals surface area (Å²) in [6, 6.07) is 9.41. The number of carbonyl (C=O) groups excluding carboxylic acids is 1. The number of para-hydroxylation sites is 1. The zero-order valence-electron chi connectivity index (χ0n) is 15.4. The number of carboxylic acid groups (broad SMARTS) is 1. The summed E-state index contributed by atoms with van der Waals surface area (Å²) in [4.78, 5) is 24.7. The van der Waals surface area contributed by atoms with Crippen molar-refractivity contribution in [2.45, 2.75) is 13.3 Å². The van der Waals surface area contributed by atoms with Crippen LogP contribution in [0.25, 0.3) is 20.7 Å². The predicted octanol–water partition coefficient (Wildman–Crippen LogP) is 4.97. The molecule has 2 aromatic carbocycles. The van der Waals surface area contributed by atoms with Gasteiger partial charge in [-0.15, -0.1) is 11.3 Å². The number of fused-ring (bicyclic) bond motifs is 1. The third-order valence-electron chi connectivity index (χ3n) is 4.67. The second kappa shape index (κ2) is 7.58. The van der Waals surface area contributed by atoms with Crippen molar-refractivity contribution in [3.8, 4) is 10.4 Å². The van der Waals surface area contributed by atoms with Gasteiger partial charge in [0.1, 0.15) is 4.70 Å². The highest BCUT2D eigenvalue weighted by Crippen LogP contribution is 2.36. The number of aromatic nitrogens is 1. The van der Waals surface area contributed by atoms with E-state index in [1.54, 1.807) is 24.3 Å². The third kappa shape index (κ3) is 3.25. The van der Waals surface area contributed by atoms with Crippen molar-refractivity contribution in [1.29, 1.82) is 0 Å². The van der Waals surface area contributed by atoms with Crippen LogP contribution in [0.5, 0.6) is 0 Å². The van der Waals surface area contributed by atoms with Gasteiger partial charge in [0.05, 0.1) is 10.4 Å². The Bertz CT molecular complexity index is 1330. The number of aromatic carboxylic acids is 1. The Hall–Kier alpha value is -3.17. The zero-order valence-corrected chi connectivity index (χ0v) is 17.1. The molecule has 0 aliphatic carbocycles. The molecule has 0 spiro atoms. The Morgan fingerprint density at radius 3 is 2.57 bits per heavy atom. The summed E-state index contributed by atoms with van der Waals surface area (Å²) < 4.78 is 29.6. The van der Waals surface area contributed by atoms with E-state index in [-0.39, 0.29) is 38.6 Å². The number of halogens is 2. The van der Waals surface area contributed by atoms with Crippen LogP contribution in [0, 0.1) is 23.8 Å². The molecule has 0 saturated carbocycles. The fraction of sp³-hybridized carbons (Fsp3) is 0.0952. The summed E-state index contributed by atoms with van der Waals surface area (Å²) >= 11 is 1.93. The quantitative estimate of drug-likeness (QED) is 0.267. The van der Waals surface area contributed by atoms with E-state index in [9.17, 15) is 28.7 Å². The minimum absolute atomic E-state index is 0.0213. The molecule has 152 valence electrons. The van der Waals surface area contributed by atoms with Gasteiger partial charge in [-0.05, 0) is 29.5 Å². The summed E-state index contributed by atoms with van der Waals surface area (Å²) in [6.07, 6.45) is -0.344. The van der Waals surface area contributed by atoms with Crippen LogP contribution < -0.4 is 4.73 Å². The monoisotopic (exact) mass is 445 g/mol. The van der Waals surface area contributed by atoms with E-state index in [1.165, 1.54) is 24.4 Å². The van der Waals surface area contributed by atoms with Gasteiger partial charge in [0.25, 0.3) is 0 Å². The fourth-order valence-electron chi connectivity index (χ4n) is 3.16. The van der Waals surface area contributed by atoms with Crippen LogP contribution >= 0.6 is 22.7 Å². The lowest BCUT2D eigenvalue weighted by molar-refractivity contribution is -0.574. The standard InChI is InChI=1S/C21H13F2NO4S2/c1-10-6-7-12(18(23)17(10)22)19-16(21(26)27)11(9-29-19)8-14(25)20-24(28)13-4-2-3-5-15(13)30-20/h2-7,9H,8H2,1H3,(H,26,27). The summed E-state index contributed by atoms with van der Waals surface area (Å²) in [5.41, 5.74) is 0.150. The molecule has 4 rings (SSSR count). The van der Waals surface area contributed by atoms with Gasteiger partial charge < -0.3 is 10.3 Å². The summed E-state index contributed by atoms with van der Waals surface area (Å²) in [6.45, 7) is 1.40. The maximum atomic E-state index is 14.4. The SMILES string of the molecule is Cc1ccc(-c2scc(CC(=O)c3sc4ccccc4[n+]3[O-])c2C(=O)O)c(F)c1F. The Labute approximate surface area is 177 Å². The van der Waals surface area contributed by atoms with Crippen molar-refractivity contribution < 1.29 is 28.2 Å². The molecule has 0 amide bonds.